The zero-order valence-electron chi connectivity index (χ0n) is 15.7. The number of rotatable bonds is 2. The molecule has 2 fully saturated rings. The second-order valence-electron chi connectivity index (χ2n) is 7.35. The first kappa shape index (κ1) is 17.7. The summed E-state index contributed by atoms with van der Waals surface area (Å²) in [6.45, 7) is 3.75. The number of anilines is 1. The Hall–Kier alpha value is -2.67. The number of amides is 2. The number of likely N-dealkylation sites (tertiary alicyclic amines) is 1. The van der Waals surface area contributed by atoms with Gasteiger partial charge in [-0.15, -0.1) is 0 Å². The van der Waals surface area contributed by atoms with E-state index in [-0.39, 0.29) is 24.0 Å². The topological polar surface area (TPSA) is 67.7 Å². The largest absolute Gasteiger partial charge is 0.363 e. The lowest BCUT2D eigenvalue weighted by Gasteiger charge is -2.47. The molecule has 7 nitrogen and oxygen atoms in total. The van der Waals surface area contributed by atoms with Crippen LogP contribution in [0.15, 0.2) is 36.5 Å². The van der Waals surface area contributed by atoms with E-state index in [1.54, 1.807) is 10.9 Å². The van der Waals surface area contributed by atoms with Gasteiger partial charge in [0.25, 0.3) is 11.8 Å². The molecule has 2 amide bonds. The number of benzene rings is 1. The monoisotopic (exact) mass is 368 g/mol. The van der Waals surface area contributed by atoms with Crippen LogP contribution in [0.5, 0.6) is 0 Å². The number of aryl methyl sites for hydroxylation is 1. The van der Waals surface area contributed by atoms with Crippen molar-refractivity contribution in [3.63, 3.8) is 0 Å². The Kier molecular flexibility index (Phi) is 4.47. The van der Waals surface area contributed by atoms with Crippen LogP contribution in [0.4, 0.5) is 5.69 Å². The Morgan fingerprint density at radius 2 is 1.89 bits per heavy atom. The third kappa shape index (κ3) is 3.23. The molecule has 1 spiro atoms. The van der Waals surface area contributed by atoms with E-state index in [1.165, 1.54) is 0 Å². The second kappa shape index (κ2) is 6.81. The smallest absolute Gasteiger partial charge is 0.257 e. The molecule has 0 N–H and O–H groups in total. The average molecular weight is 368 g/mol. The fourth-order valence-corrected chi connectivity index (χ4v) is 3.86. The van der Waals surface area contributed by atoms with Crippen molar-refractivity contribution in [1.82, 2.24) is 14.7 Å². The Bertz CT molecular complexity index is 853. The van der Waals surface area contributed by atoms with E-state index in [2.05, 4.69) is 5.10 Å². The summed E-state index contributed by atoms with van der Waals surface area (Å²) >= 11 is 0. The van der Waals surface area contributed by atoms with Gasteiger partial charge in [-0.25, -0.2) is 0 Å². The minimum absolute atomic E-state index is 0.0160. The molecule has 0 unspecified atom stereocenters. The van der Waals surface area contributed by atoms with E-state index in [4.69, 9.17) is 4.74 Å². The molecule has 1 aromatic carbocycles. The van der Waals surface area contributed by atoms with Gasteiger partial charge in [0.1, 0.15) is 6.61 Å². The first-order valence-corrected chi connectivity index (χ1v) is 9.26. The van der Waals surface area contributed by atoms with Crippen LogP contribution in [0.1, 0.15) is 28.9 Å². The van der Waals surface area contributed by atoms with Gasteiger partial charge in [0.15, 0.2) is 0 Å². The van der Waals surface area contributed by atoms with E-state index >= 15 is 0 Å². The minimum Gasteiger partial charge on any atom is -0.363 e. The molecule has 0 atom stereocenters. The number of piperidine rings is 1. The normalized spacial score (nSPS) is 19.6. The third-order valence-corrected chi connectivity index (χ3v) is 5.74. The van der Waals surface area contributed by atoms with E-state index in [0.717, 1.165) is 11.4 Å². The fourth-order valence-electron chi connectivity index (χ4n) is 3.86. The van der Waals surface area contributed by atoms with Gasteiger partial charge >= 0.3 is 0 Å². The lowest BCUT2D eigenvalue weighted by molar-refractivity contribution is -0.143. The molecule has 27 heavy (non-hydrogen) atoms. The number of aromatic nitrogens is 2. The fraction of sp³-hybridized carbons (Fsp3) is 0.450. The lowest BCUT2D eigenvalue weighted by atomic mass is 9.88. The molecule has 7 heteroatoms. The molecular weight excluding hydrogens is 344 g/mol. The van der Waals surface area contributed by atoms with Crippen LogP contribution in [-0.2, 0) is 16.6 Å². The number of carbonyl (C=O) groups excluding carboxylic acids is 2. The van der Waals surface area contributed by atoms with Crippen molar-refractivity contribution >= 4 is 17.5 Å². The van der Waals surface area contributed by atoms with E-state index < -0.39 is 0 Å². The number of nitrogens with zero attached hydrogens (tertiary/aromatic N) is 4. The highest BCUT2D eigenvalue weighted by Gasteiger charge is 2.43. The predicted octanol–water partition coefficient (Wildman–Crippen LogP) is 1.77. The van der Waals surface area contributed by atoms with Crippen molar-refractivity contribution in [3.8, 4) is 0 Å². The van der Waals surface area contributed by atoms with Crippen LogP contribution >= 0.6 is 0 Å². The summed E-state index contributed by atoms with van der Waals surface area (Å²) < 4.78 is 7.70. The molecule has 4 rings (SSSR count). The molecule has 0 aliphatic carbocycles. The van der Waals surface area contributed by atoms with Crippen molar-refractivity contribution < 1.29 is 14.3 Å². The van der Waals surface area contributed by atoms with Gasteiger partial charge in [-0.3, -0.25) is 14.3 Å². The van der Waals surface area contributed by atoms with E-state index in [0.29, 0.717) is 38.0 Å². The van der Waals surface area contributed by atoms with E-state index in [9.17, 15) is 9.59 Å². The molecule has 2 saturated heterocycles. The van der Waals surface area contributed by atoms with Crippen LogP contribution in [0.2, 0.25) is 0 Å². The number of ether oxygens (including phenoxy) is 1. The first-order chi connectivity index (χ1) is 13.0. The summed E-state index contributed by atoms with van der Waals surface area (Å²) in [6.07, 6.45) is 3.07. The Morgan fingerprint density at radius 3 is 2.52 bits per heavy atom. The summed E-state index contributed by atoms with van der Waals surface area (Å²) in [4.78, 5) is 28.8. The maximum absolute atomic E-state index is 12.8. The van der Waals surface area contributed by atoms with Gasteiger partial charge in [-0.2, -0.15) is 5.10 Å². The molecule has 2 aliphatic heterocycles. The number of carbonyl (C=O) groups is 2. The summed E-state index contributed by atoms with van der Waals surface area (Å²) in [5.41, 5.74) is 2.04. The predicted molar refractivity (Wildman–Crippen MR) is 101 cm³/mol. The van der Waals surface area contributed by atoms with Gasteiger partial charge in [0.2, 0.25) is 0 Å². The summed E-state index contributed by atoms with van der Waals surface area (Å²) in [5.74, 6) is -0.00133. The maximum atomic E-state index is 12.8. The van der Waals surface area contributed by atoms with E-state index in [1.807, 2.05) is 54.1 Å². The summed E-state index contributed by atoms with van der Waals surface area (Å²) in [6, 6.07) is 9.70. The zero-order valence-corrected chi connectivity index (χ0v) is 15.7. The van der Waals surface area contributed by atoms with Gasteiger partial charge in [-0.05, 0) is 31.9 Å². The molecule has 2 aromatic rings. The average Bonchev–Trinajstić information content (AvgIpc) is 3.03. The quantitative estimate of drug-likeness (QED) is 0.810. The van der Waals surface area contributed by atoms with Crippen LogP contribution in [-0.4, -0.2) is 58.3 Å². The standard InChI is InChI=1S/C20H24N4O3/c1-15-17(12-21-22(15)2)19(26)23-10-8-20(9-11-23)14-24(18(25)13-27-20)16-6-4-3-5-7-16/h3-7,12H,8-11,13-14H2,1-2H3. The van der Waals surface area contributed by atoms with Crippen LogP contribution in [0.3, 0.4) is 0 Å². The Labute approximate surface area is 158 Å². The van der Waals surface area contributed by atoms with Crippen LogP contribution < -0.4 is 4.90 Å². The Balaban J connectivity index is 1.46. The lowest BCUT2D eigenvalue weighted by Crippen LogP contribution is -2.59. The molecule has 3 heterocycles. The van der Waals surface area contributed by atoms with Gasteiger partial charge in [0.05, 0.1) is 23.9 Å². The molecule has 0 radical (unpaired) electrons. The van der Waals surface area contributed by atoms with Crippen molar-refractivity contribution in [1.29, 1.82) is 0 Å². The third-order valence-electron chi connectivity index (χ3n) is 5.74. The summed E-state index contributed by atoms with van der Waals surface area (Å²) in [5, 5.41) is 4.17. The number of hydrogen-bond acceptors (Lipinski definition) is 4. The van der Waals surface area contributed by atoms with Crippen LogP contribution in [0, 0.1) is 6.92 Å². The summed E-state index contributed by atoms with van der Waals surface area (Å²) in [7, 11) is 1.84. The number of para-hydroxylation sites is 1. The van der Waals surface area contributed by atoms with Crippen molar-refractivity contribution in [3.05, 3.63) is 47.8 Å². The number of hydrogen-bond donors (Lipinski definition) is 0. The molecule has 2 aliphatic rings. The highest BCUT2D eigenvalue weighted by Crippen LogP contribution is 2.33. The van der Waals surface area contributed by atoms with Crippen molar-refractivity contribution in [2.45, 2.75) is 25.4 Å². The molecule has 142 valence electrons. The Morgan fingerprint density at radius 1 is 1.19 bits per heavy atom. The van der Waals surface area contributed by atoms with Gasteiger partial charge in [-0.1, -0.05) is 18.2 Å². The van der Waals surface area contributed by atoms with Gasteiger partial charge in [0, 0.05) is 31.5 Å². The molecular formula is C20H24N4O3. The van der Waals surface area contributed by atoms with Gasteiger partial charge < -0.3 is 14.5 Å². The minimum atomic E-state index is -0.384. The highest BCUT2D eigenvalue weighted by molar-refractivity contribution is 5.96. The molecule has 1 aromatic heterocycles. The maximum Gasteiger partial charge on any atom is 0.257 e. The second-order valence-corrected chi connectivity index (χ2v) is 7.35. The highest BCUT2D eigenvalue weighted by atomic mass is 16.5. The SMILES string of the molecule is Cc1c(C(=O)N2CCC3(CC2)CN(c2ccccc2)C(=O)CO3)cnn1C. The van der Waals surface area contributed by atoms with Crippen molar-refractivity contribution in [2.24, 2.45) is 7.05 Å². The molecule has 0 bridgehead atoms. The van der Waals surface area contributed by atoms with Crippen molar-refractivity contribution in [2.75, 3.05) is 31.1 Å². The molecule has 0 saturated carbocycles. The zero-order chi connectivity index (χ0) is 19.0. The first-order valence-electron chi connectivity index (χ1n) is 9.26. The number of morpholine rings is 1. The van der Waals surface area contributed by atoms with Crippen LogP contribution in [0.25, 0.3) is 0 Å².